The Kier molecular flexibility index (Phi) is 3.12. The van der Waals surface area contributed by atoms with Crippen LogP contribution in [0.1, 0.15) is 33.6 Å². The molecule has 4 atom stereocenters. The molecule has 3 aliphatic carbocycles. The van der Waals surface area contributed by atoms with Gasteiger partial charge in [0.15, 0.2) is 0 Å². The van der Waals surface area contributed by atoms with Crippen LogP contribution in [0.5, 0.6) is 0 Å². The average molecular weight is 307 g/mol. The summed E-state index contributed by atoms with van der Waals surface area (Å²) in [6.45, 7) is 4.23. The maximum atomic E-state index is 12.2. The predicted octanol–water partition coefficient (Wildman–Crippen LogP) is 0.438. The summed E-state index contributed by atoms with van der Waals surface area (Å²) >= 11 is 0. The standard InChI is InChI=1S/C15H17NO6/c1-6-12(21-7(2)17)9-4-5-15(6,22-8(3)18)11-10(9)13(19)16-14(11)20/h9-11H,4-5H2,1-3H3,(H,16,19,20)/t9-,10+,11+,15-/m0/s1. The van der Waals surface area contributed by atoms with Crippen molar-refractivity contribution in [3.63, 3.8) is 0 Å². The van der Waals surface area contributed by atoms with E-state index in [0.29, 0.717) is 24.2 Å². The van der Waals surface area contributed by atoms with Gasteiger partial charge in [-0.15, -0.1) is 0 Å². The van der Waals surface area contributed by atoms with Crippen LogP contribution >= 0.6 is 0 Å². The minimum absolute atomic E-state index is 0.335. The van der Waals surface area contributed by atoms with E-state index in [-0.39, 0.29) is 5.92 Å². The number of carbonyl (C=O) groups excluding carboxylic acids is 4. The second-order valence-electron chi connectivity index (χ2n) is 6.07. The van der Waals surface area contributed by atoms with Gasteiger partial charge in [0.2, 0.25) is 11.8 Å². The molecule has 0 aromatic rings. The van der Waals surface area contributed by atoms with E-state index >= 15 is 0 Å². The Hall–Kier alpha value is -2.18. The molecule has 2 fully saturated rings. The van der Waals surface area contributed by atoms with Gasteiger partial charge < -0.3 is 9.47 Å². The molecule has 1 heterocycles. The van der Waals surface area contributed by atoms with E-state index in [4.69, 9.17) is 9.47 Å². The molecular formula is C15H17NO6. The summed E-state index contributed by atoms with van der Waals surface area (Å²) < 4.78 is 10.8. The molecule has 1 N–H and O–H groups in total. The van der Waals surface area contributed by atoms with E-state index in [0.717, 1.165) is 0 Å². The van der Waals surface area contributed by atoms with Crippen molar-refractivity contribution in [2.24, 2.45) is 17.8 Å². The summed E-state index contributed by atoms with van der Waals surface area (Å²) in [4.78, 5) is 47.3. The van der Waals surface area contributed by atoms with Crippen LogP contribution in [-0.2, 0) is 28.7 Å². The number of ether oxygens (including phenoxy) is 2. The van der Waals surface area contributed by atoms with Gasteiger partial charge in [0.25, 0.3) is 0 Å². The molecule has 0 aromatic carbocycles. The molecule has 2 bridgehead atoms. The Morgan fingerprint density at radius 2 is 1.86 bits per heavy atom. The highest BCUT2D eigenvalue weighted by atomic mass is 16.6. The van der Waals surface area contributed by atoms with E-state index < -0.39 is 41.2 Å². The minimum atomic E-state index is -1.20. The number of hydrogen-bond acceptors (Lipinski definition) is 6. The molecule has 1 saturated carbocycles. The molecule has 4 aliphatic rings. The number of rotatable bonds is 2. The summed E-state index contributed by atoms with van der Waals surface area (Å²) in [6, 6.07) is 0. The zero-order valence-electron chi connectivity index (χ0n) is 12.6. The first-order valence-corrected chi connectivity index (χ1v) is 7.22. The van der Waals surface area contributed by atoms with Gasteiger partial charge in [-0.2, -0.15) is 0 Å². The lowest BCUT2D eigenvalue weighted by molar-refractivity contribution is -0.175. The topological polar surface area (TPSA) is 98.8 Å². The molecule has 0 unspecified atom stereocenters. The summed E-state index contributed by atoms with van der Waals surface area (Å²) in [5.74, 6) is -3.23. The Labute approximate surface area is 127 Å². The van der Waals surface area contributed by atoms with Crippen molar-refractivity contribution in [2.75, 3.05) is 0 Å². The van der Waals surface area contributed by atoms with Crippen molar-refractivity contribution in [1.29, 1.82) is 0 Å². The molecule has 1 aliphatic heterocycles. The zero-order chi connectivity index (χ0) is 16.2. The number of esters is 2. The average Bonchev–Trinajstić information content (AvgIpc) is 2.71. The van der Waals surface area contributed by atoms with Gasteiger partial charge in [-0.25, -0.2) is 0 Å². The number of imide groups is 1. The summed E-state index contributed by atoms with van der Waals surface area (Å²) in [6.07, 6.45) is 0.963. The van der Waals surface area contributed by atoms with E-state index in [2.05, 4.69) is 5.32 Å². The highest BCUT2D eigenvalue weighted by Gasteiger charge is 2.67. The van der Waals surface area contributed by atoms with E-state index in [1.165, 1.54) is 13.8 Å². The van der Waals surface area contributed by atoms with Crippen LogP contribution in [-0.4, -0.2) is 29.4 Å². The van der Waals surface area contributed by atoms with Gasteiger partial charge in [0.1, 0.15) is 11.4 Å². The van der Waals surface area contributed by atoms with Crippen molar-refractivity contribution in [1.82, 2.24) is 5.32 Å². The molecular weight excluding hydrogens is 290 g/mol. The van der Waals surface area contributed by atoms with Gasteiger partial charge in [0.05, 0.1) is 11.8 Å². The van der Waals surface area contributed by atoms with Crippen LogP contribution < -0.4 is 5.32 Å². The van der Waals surface area contributed by atoms with Crippen LogP contribution in [0.15, 0.2) is 11.3 Å². The van der Waals surface area contributed by atoms with Gasteiger partial charge >= 0.3 is 11.9 Å². The highest BCUT2D eigenvalue weighted by Crippen LogP contribution is 2.57. The second-order valence-corrected chi connectivity index (χ2v) is 6.07. The molecule has 2 amide bonds. The first-order valence-electron chi connectivity index (χ1n) is 7.22. The predicted molar refractivity (Wildman–Crippen MR) is 71.8 cm³/mol. The monoisotopic (exact) mass is 307 g/mol. The fourth-order valence-corrected chi connectivity index (χ4v) is 4.17. The zero-order valence-corrected chi connectivity index (χ0v) is 12.6. The van der Waals surface area contributed by atoms with Crippen molar-refractivity contribution in [3.8, 4) is 0 Å². The fourth-order valence-electron chi connectivity index (χ4n) is 4.17. The van der Waals surface area contributed by atoms with Crippen LogP contribution in [0, 0.1) is 17.8 Å². The summed E-state index contributed by atoms with van der Waals surface area (Å²) in [5.41, 5.74) is -0.646. The fraction of sp³-hybridized carbons (Fsp3) is 0.600. The third kappa shape index (κ3) is 1.81. The molecule has 7 heteroatoms. The number of fused-ring (bicyclic) bond motifs is 1. The van der Waals surface area contributed by atoms with Crippen LogP contribution in [0.25, 0.3) is 0 Å². The Morgan fingerprint density at radius 1 is 1.18 bits per heavy atom. The number of amides is 2. The van der Waals surface area contributed by atoms with Gasteiger partial charge in [-0.1, -0.05) is 0 Å². The first kappa shape index (κ1) is 14.7. The second kappa shape index (κ2) is 4.66. The highest BCUT2D eigenvalue weighted by molar-refractivity contribution is 6.07. The van der Waals surface area contributed by atoms with E-state index in [1.54, 1.807) is 6.92 Å². The molecule has 4 rings (SSSR count). The largest absolute Gasteiger partial charge is 0.454 e. The number of nitrogens with one attached hydrogen (secondary N) is 1. The molecule has 7 nitrogen and oxygen atoms in total. The Balaban J connectivity index is 2.17. The quantitative estimate of drug-likeness (QED) is 0.587. The van der Waals surface area contributed by atoms with Gasteiger partial charge in [-0.05, 0) is 19.8 Å². The Morgan fingerprint density at radius 3 is 2.45 bits per heavy atom. The van der Waals surface area contributed by atoms with Crippen LogP contribution in [0.4, 0.5) is 0 Å². The van der Waals surface area contributed by atoms with Crippen LogP contribution in [0.2, 0.25) is 0 Å². The molecule has 0 radical (unpaired) electrons. The molecule has 0 spiro atoms. The molecule has 0 aromatic heterocycles. The lowest BCUT2D eigenvalue weighted by atomic mass is 9.56. The SMILES string of the molecule is CC(=O)OC1=C(C)[C@@]2(OC(C)=O)CC[C@H]1[C@H]1C(=O)NC(=O)[C@@H]12. The van der Waals surface area contributed by atoms with Crippen molar-refractivity contribution >= 4 is 23.8 Å². The molecule has 118 valence electrons. The third-order valence-electron chi connectivity index (χ3n) is 4.87. The molecule has 22 heavy (non-hydrogen) atoms. The van der Waals surface area contributed by atoms with Crippen LogP contribution in [0.3, 0.4) is 0 Å². The number of allylic oxidation sites excluding steroid dienone is 1. The Bertz CT molecular complexity index is 636. The maximum Gasteiger partial charge on any atom is 0.307 e. The third-order valence-corrected chi connectivity index (χ3v) is 4.87. The smallest absolute Gasteiger partial charge is 0.307 e. The lowest BCUT2D eigenvalue weighted by Gasteiger charge is -2.51. The normalized spacial score (nSPS) is 36.0. The number of hydrogen-bond donors (Lipinski definition) is 1. The van der Waals surface area contributed by atoms with Gasteiger partial charge in [-0.3, -0.25) is 24.5 Å². The summed E-state index contributed by atoms with van der Waals surface area (Å²) in [7, 11) is 0. The summed E-state index contributed by atoms with van der Waals surface area (Å²) in [5, 5.41) is 2.32. The van der Waals surface area contributed by atoms with Crippen molar-refractivity contribution in [2.45, 2.75) is 39.2 Å². The maximum absolute atomic E-state index is 12.2. The van der Waals surface area contributed by atoms with E-state index in [9.17, 15) is 19.2 Å². The first-order chi connectivity index (χ1) is 10.3. The van der Waals surface area contributed by atoms with Crippen molar-refractivity contribution in [3.05, 3.63) is 11.3 Å². The molecule has 1 saturated heterocycles. The lowest BCUT2D eigenvalue weighted by Crippen LogP contribution is -2.58. The van der Waals surface area contributed by atoms with E-state index in [1.807, 2.05) is 0 Å². The minimum Gasteiger partial charge on any atom is -0.454 e. The van der Waals surface area contributed by atoms with Gasteiger partial charge in [0, 0.05) is 25.3 Å². The number of carbonyl (C=O) groups is 4. The van der Waals surface area contributed by atoms with Crippen molar-refractivity contribution < 1.29 is 28.7 Å².